The third-order valence-corrected chi connectivity index (χ3v) is 8.47. The van der Waals surface area contributed by atoms with Crippen LogP contribution in [0.2, 0.25) is 0 Å². The maximum atomic E-state index is 13.6. The summed E-state index contributed by atoms with van der Waals surface area (Å²) in [6.07, 6.45) is 10.5. The van der Waals surface area contributed by atoms with Gasteiger partial charge in [0.2, 0.25) is 0 Å². The number of benzene rings is 1. The number of halogens is 1. The normalized spacial score (nSPS) is 37.2. The molecule has 0 atom stereocenters. The lowest BCUT2D eigenvalue weighted by atomic mass is 9.48. The summed E-state index contributed by atoms with van der Waals surface area (Å²) >= 11 is 3.69. The topological polar surface area (TPSA) is 29.1 Å². The van der Waals surface area contributed by atoms with E-state index >= 15 is 0 Å². The van der Waals surface area contributed by atoms with Gasteiger partial charge in [-0.3, -0.25) is 4.79 Å². The SMILES string of the molecule is Cc1cc2c(cc1Br)C(=CC(=O)C13CC4CC(CC(C4)C1)C3)NC(C)(C)C2. The van der Waals surface area contributed by atoms with E-state index in [1.807, 2.05) is 6.08 Å². The fourth-order valence-corrected chi connectivity index (χ4v) is 7.24. The minimum Gasteiger partial charge on any atom is -0.379 e. The minimum atomic E-state index is -0.0624. The summed E-state index contributed by atoms with van der Waals surface area (Å²) < 4.78 is 1.12. The third kappa shape index (κ3) is 3.01. The van der Waals surface area contributed by atoms with Crippen LogP contribution in [0.5, 0.6) is 0 Å². The molecule has 1 heterocycles. The zero-order valence-corrected chi connectivity index (χ0v) is 18.3. The Morgan fingerprint density at radius 2 is 1.70 bits per heavy atom. The lowest BCUT2D eigenvalue weighted by Crippen LogP contribution is -2.50. The molecular weight excluding hydrogens is 398 g/mol. The third-order valence-electron chi connectivity index (χ3n) is 7.62. The smallest absolute Gasteiger partial charge is 0.163 e. The second-order valence-corrected chi connectivity index (χ2v) is 11.4. The number of hydrogen-bond acceptors (Lipinski definition) is 2. The number of aryl methyl sites for hydroxylation is 1. The first-order valence-electron chi connectivity index (χ1n) is 10.6. The lowest BCUT2D eigenvalue weighted by Gasteiger charge is -2.55. The molecule has 0 saturated heterocycles. The lowest BCUT2D eigenvalue weighted by molar-refractivity contribution is -0.138. The Balaban J connectivity index is 1.53. The van der Waals surface area contributed by atoms with Gasteiger partial charge < -0.3 is 5.32 Å². The number of allylic oxidation sites excluding steroid dienone is 1. The van der Waals surface area contributed by atoms with Crippen LogP contribution in [0.25, 0.3) is 5.70 Å². The molecule has 1 aliphatic heterocycles. The molecule has 3 heteroatoms. The Morgan fingerprint density at radius 1 is 1.11 bits per heavy atom. The summed E-state index contributed by atoms with van der Waals surface area (Å²) in [5.74, 6) is 2.81. The van der Waals surface area contributed by atoms with Gasteiger partial charge in [-0.05, 0) is 101 Å². The Labute approximate surface area is 171 Å². The first-order valence-corrected chi connectivity index (χ1v) is 11.4. The molecule has 4 saturated carbocycles. The van der Waals surface area contributed by atoms with Crippen molar-refractivity contribution in [1.29, 1.82) is 0 Å². The summed E-state index contributed by atoms with van der Waals surface area (Å²) in [6, 6.07) is 4.48. The van der Waals surface area contributed by atoms with Crippen LogP contribution in [0, 0.1) is 30.1 Å². The van der Waals surface area contributed by atoms with Crippen LogP contribution in [-0.4, -0.2) is 11.3 Å². The second kappa shape index (κ2) is 5.95. The summed E-state index contributed by atoms with van der Waals surface area (Å²) in [6.45, 7) is 6.61. The molecule has 1 aromatic carbocycles. The number of hydrogen-bond donors (Lipinski definition) is 1. The van der Waals surface area contributed by atoms with Gasteiger partial charge in [-0.1, -0.05) is 22.0 Å². The van der Waals surface area contributed by atoms with Crippen molar-refractivity contribution in [3.63, 3.8) is 0 Å². The number of carbonyl (C=O) groups is 1. The van der Waals surface area contributed by atoms with Gasteiger partial charge in [-0.2, -0.15) is 0 Å². The molecule has 5 aliphatic rings. The zero-order chi connectivity index (χ0) is 19.0. The van der Waals surface area contributed by atoms with E-state index < -0.39 is 0 Å². The molecule has 144 valence electrons. The maximum absolute atomic E-state index is 13.6. The van der Waals surface area contributed by atoms with Crippen LogP contribution in [0.3, 0.4) is 0 Å². The molecule has 0 amide bonds. The fraction of sp³-hybridized carbons (Fsp3) is 0.625. The molecule has 6 rings (SSSR count). The number of nitrogens with one attached hydrogen (secondary N) is 1. The summed E-state index contributed by atoms with van der Waals surface area (Å²) in [7, 11) is 0. The first-order chi connectivity index (χ1) is 12.7. The second-order valence-electron chi connectivity index (χ2n) is 10.6. The largest absolute Gasteiger partial charge is 0.379 e. The van der Waals surface area contributed by atoms with Crippen LogP contribution in [0.15, 0.2) is 22.7 Å². The molecule has 0 radical (unpaired) electrons. The Hall–Kier alpha value is -1.09. The van der Waals surface area contributed by atoms with Gasteiger partial charge in [0, 0.05) is 32.8 Å². The van der Waals surface area contributed by atoms with Crippen LogP contribution in [-0.2, 0) is 11.2 Å². The summed E-state index contributed by atoms with van der Waals surface area (Å²) in [5, 5.41) is 3.68. The predicted octanol–water partition coefficient (Wildman–Crippen LogP) is 5.81. The molecule has 4 bridgehead atoms. The van der Waals surface area contributed by atoms with Crippen LogP contribution in [0.4, 0.5) is 0 Å². The maximum Gasteiger partial charge on any atom is 0.163 e. The summed E-state index contributed by atoms with van der Waals surface area (Å²) in [4.78, 5) is 13.6. The highest BCUT2D eigenvalue weighted by Gasteiger charge is 2.54. The highest BCUT2D eigenvalue weighted by Crippen LogP contribution is 2.60. The standard InChI is InChI=1S/C24H30BrNO/c1-14-4-18-13-23(2,3)26-21(19(18)8-20(14)25)9-22(27)24-10-15-5-16(11-24)7-17(6-15)12-24/h4,8-9,15-17,26H,5-7,10-13H2,1-3H3. The molecule has 0 aromatic heterocycles. The van der Waals surface area contributed by atoms with E-state index in [4.69, 9.17) is 0 Å². The highest BCUT2D eigenvalue weighted by molar-refractivity contribution is 9.10. The molecule has 2 nitrogen and oxygen atoms in total. The average molecular weight is 428 g/mol. The van der Waals surface area contributed by atoms with Gasteiger partial charge in [-0.15, -0.1) is 0 Å². The van der Waals surface area contributed by atoms with Gasteiger partial charge in [0.05, 0.1) is 0 Å². The predicted molar refractivity (Wildman–Crippen MR) is 113 cm³/mol. The Bertz CT molecular complexity index is 815. The number of fused-ring (bicyclic) bond motifs is 1. The minimum absolute atomic E-state index is 0.0269. The van der Waals surface area contributed by atoms with E-state index in [1.165, 1.54) is 36.0 Å². The van der Waals surface area contributed by atoms with E-state index in [1.54, 1.807) is 0 Å². The van der Waals surface area contributed by atoms with Crippen LogP contribution >= 0.6 is 15.9 Å². The molecule has 1 aromatic rings. The van der Waals surface area contributed by atoms with E-state index in [0.717, 1.165) is 53.6 Å². The number of rotatable bonds is 2. The van der Waals surface area contributed by atoms with Crippen molar-refractivity contribution in [3.8, 4) is 0 Å². The highest BCUT2D eigenvalue weighted by atomic mass is 79.9. The van der Waals surface area contributed by atoms with Gasteiger partial charge in [-0.25, -0.2) is 0 Å². The van der Waals surface area contributed by atoms with Crippen molar-refractivity contribution in [2.45, 2.75) is 71.3 Å². The quantitative estimate of drug-likeness (QED) is 0.603. The van der Waals surface area contributed by atoms with Gasteiger partial charge in [0.25, 0.3) is 0 Å². The van der Waals surface area contributed by atoms with Crippen LogP contribution < -0.4 is 5.32 Å². The number of carbonyl (C=O) groups excluding carboxylic acids is 1. The zero-order valence-electron chi connectivity index (χ0n) is 16.7. The van der Waals surface area contributed by atoms with E-state index in [9.17, 15) is 4.79 Å². The molecular formula is C24H30BrNO. The van der Waals surface area contributed by atoms with Crippen molar-refractivity contribution in [1.82, 2.24) is 5.32 Å². The molecule has 4 fully saturated rings. The van der Waals surface area contributed by atoms with Crippen molar-refractivity contribution < 1.29 is 4.79 Å². The summed E-state index contributed by atoms with van der Waals surface area (Å²) in [5.41, 5.74) is 4.75. The molecule has 27 heavy (non-hydrogen) atoms. The fourth-order valence-electron chi connectivity index (χ4n) is 6.90. The molecule has 0 unspecified atom stereocenters. The van der Waals surface area contributed by atoms with Crippen molar-refractivity contribution in [2.75, 3.05) is 0 Å². The van der Waals surface area contributed by atoms with Crippen molar-refractivity contribution in [2.24, 2.45) is 23.2 Å². The Morgan fingerprint density at radius 3 is 2.30 bits per heavy atom. The van der Waals surface area contributed by atoms with Crippen LogP contribution in [0.1, 0.15) is 69.1 Å². The molecule has 0 spiro atoms. The Kier molecular flexibility index (Phi) is 3.96. The average Bonchev–Trinajstić information content (AvgIpc) is 2.54. The van der Waals surface area contributed by atoms with Crippen molar-refractivity contribution >= 4 is 27.4 Å². The van der Waals surface area contributed by atoms with Gasteiger partial charge >= 0.3 is 0 Å². The first kappa shape index (κ1) is 18.0. The number of ketones is 1. The monoisotopic (exact) mass is 427 g/mol. The van der Waals surface area contributed by atoms with Crippen molar-refractivity contribution in [3.05, 3.63) is 39.4 Å². The van der Waals surface area contributed by atoms with Gasteiger partial charge in [0.1, 0.15) is 0 Å². The molecule has 1 N–H and O–H groups in total. The van der Waals surface area contributed by atoms with E-state index in [0.29, 0.717) is 5.78 Å². The van der Waals surface area contributed by atoms with E-state index in [2.05, 4.69) is 54.2 Å². The van der Waals surface area contributed by atoms with Gasteiger partial charge in [0.15, 0.2) is 5.78 Å². The van der Waals surface area contributed by atoms with E-state index in [-0.39, 0.29) is 11.0 Å². The molecule has 4 aliphatic carbocycles.